The highest BCUT2D eigenvalue weighted by atomic mass is 35.5. The zero-order valence-corrected chi connectivity index (χ0v) is 10.9. The van der Waals surface area contributed by atoms with Crippen molar-refractivity contribution >= 4 is 21.6 Å². The monoisotopic (exact) mass is 274 g/mol. The van der Waals surface area contributed by atoms with Crippen molar-refractivity contribution in [1.82, 2.24) is 10.0 Å². The average molecular weight is 275 g/mol. The van der Waals surface area contributed by atoms with E-state index in [1.165, 1.54) is 12.1 Å². The molecule has 4 nitrogen and oxygen atoms in total. The topological polar surface area (TPSA) is 58.2 Å². The summed E-state index contributed by atoms with van der Waals surface area (Å²) in [4.78, 5) is 0.264. The van der Waals surface area contributed by atoms with E-state index in [1.54, 1.807) is 12.1 Å². The Labute approximate surface area is 106 Å². The average Bonchev–Trinajstić information content (AvgIpc) is 2.30. The summed E-state index contributed by atoms with van der Waals surface area (Å²) in [5.74, 6) is 0. The molecule has 94 valence electrons. The van der Waals surface area contributed by atoms with Crippen LogP contribution in [0.4, 0.5) is 0 Å². The maximum absolute atomic E-state index is 12.0. The lowest BCUT2D eigenvalue weighted by molar-refractivity contribution is 0.427. The van der Waals surface area contributed by atoms with Gasteiger partial charge in [0.05, 0.1) is 4.90 Å². The standard InChI is InChI=1S/C11H15ClN2O2S/c12-9-1-3-11(4-2-9)17(15,16)14-10-5-7-13-8-6-10/h1-4,10,13-14H,5-8H2. The molecule has 0 spiro atoms. The molecular weight excluding hydrogens is 260 g/mol. The number of hydrogen-bond acceptors (Lipinski definition) is 3. The first-order valence-electron chi connectivity index (χ1n) is 5.56. The van der Waals surface area contributed by atoms with Gasteiger partial charge in [-0.25, -0.2) is 13.1 Å². The molecule has 2 rings (SSSR count). The predicted octanol–water partition coefficient (Wildman–Crippen LogP) is 1.37. The molecule has 17 heavy (non-hydrogen) atoms. The van der Waals surface area contributed by atoms with Crippen molar-refractivity contribution in [3.8, 4) is 0 Å². The fourth-order valence-electron chi connectivity index (χ4n) is 1.84. The molecular formula is C11H15ClN2O2S. The largest absolute Gasteiger partial charge is 0.317 e. The van der Waals surface area contributed by atoms with Crippen LogP contribution >= 0.6 is 11.6 Å². The third-order valence-corrected chi connectivity index (χ3v) is 4.57. The molecule has 1 heterocycles. The molecule has 6 heteroatoms. The Morgan fingerprint density at radius 3 is 2.35 bits per heavy atom. The van der Waals surface area contributed by atoms with Gasteiger partial charge in [-0.3, -0.25) is 0 Å². The van der Waals surface area contributed by atoms with E-state index in [1.807, 2.05) is 0 Å². The van der Waals surface area contributed by atoms with Crippen LogP contribution in [-0.4, -0.2) is 27.5 Å². The van der Waals surface area contributed by atoms with Crippen molar-refractivity contribution < 1.29 is 8.42 Å². The Morgan fingerprint density at radius 1 is 1.18 bits per heavy atom. The van der Waals surface area contributed by atoms with Gasteiger partial charge in [0.1, 0.15) is 0 Å². The van der Waals surface area contributed by atoms with Crippen LogP contribution in [-0.2, 0) is 10.0 Å². The summed E-state index contributed by atoms with van der Waals surface area (Å²) >= 11 is 5.73. The van der Waals surface area contributed by atoms with Crippen molar-refractivity contribution in [2.24, 2.45) is 0 Å². The van der Waals surface area contributed by atoms with Gasteiger partial charge in [0, 0.05) is 11.1 Å². The molecule has 0 saturated carbocycles. The number of rotatable bonds is 3. The normalized spacial score (nSPS) is 18.2. The molecule has 1 fully saturated rings. The van der Waals surface area contributed by atoms with E-state index in [2.05, 4.69) is 10.0 Å². The predicted molar refractivity (Wildman–Crippen MR) is 67.7 cm³/mol. The Hall–Kier alpha value is -0.620. The summed E-state index contributed by atoms with van der Waals surface area (Å²) in [6, 6.07) is 6.23. The second-order valence-corrected chi connectivity index (χ2v) is 6.25. The second kappa shape index (κ2) is 5.35. The molecule has 1 aliphatic rings. The van der Waals surface area contributed by atoms with Gasteiger partial charge in [-0.05, 0) is 50.2 Å². The first kappa shape index (κ1) is 12.8. The van der Waals surface area contributed by atoms with Gasteiger partial charge < -0.3 is 5.32 Å². The molecule has 0 radical (unpaired) electrons. The summed E-state index contributed by atoms with van der Waals surface area (Å²) in [5, 5.41) is 3.73. The highest BCUT2D eigenvalue weighted by Gasteiger charge is 2.21. The second-order valence-electron chi connectivity index (χ2n) is 4.10. The van der Waals surface area contributed by atoms with Gasteiger partial charge in [-0.1, -0.05) is 11.6 Å². The third-order valence-electron chi connectivity index (χ3n) is 2.78. The molecule has 2 N–H and O–H groups in total. The summed E-state index contributed by atoms with van der Waals surface area (Å²) in [6.45, 7) is 1.71. The fourth-order valence-corrected chi connectivity index (χ4v) is 3.27. The lowest BCUT2D eigenvalue weighted by Gasteiger charge is -2.23. The maximum atomic E-state index is 12.0. The Bertz CT molecular complexity index is 467. The zero-order chi connectivity index (χ0) is 12.3. The van der Waals surface area contributed by atoms with Crippen LogP contribution in [0.15, 0.2) is 29.2 Å². The van der Waals surface area contributed by atoms with E-state index in [4.69, 9.17) is 11.6 Å². The number of piperidine rings is 1. The van der Waals surface area contributed by atoms with Crippen molar-refractivity contribution in [2.75, 3.05) is 13.1 Å². The fraction of sp³-hybridized carbons (Fsp3) is 0.455. The molecule has 0 aromatic heterocycles. The van der Waals surface area contributed by atoms with Crippen LogP contribution in [0.3, 0.4) is 0 Å². The molecule has 0 bridgehead atoms. The minimum absolute atomic E-state index is 0.0249. The van der Waals surface area contributed by atoms with Crippen LogP contribution in [0.1, 0.15) is 12.8 Å². The van der Waals surface area contributed by atoms with E-state index in [9.17, 15) is 8.42 Å². The first-order chi connectivity index (χ1) is 8.08. The van der Waals surface area contributed by atoms with E-state index in [0.717, 1.165) is 25.9 Å². The first-order valence-corrected chi connectivity index (χ1v) is 7.43. The molecule has 1 saturated heterocycles. The van der Waals surface area contributed by atoms with Crippen LogP contribution < -0.4 is 10.0 Å². The maximum Gasteiger partial charge on any atom is 0.240 e. The highest BCUT2D eigenvalue weighted by molar-refractivity contribution is 7.89. The minimum atomic E-state index is -3.41. The number of hydrogen-bond donors (Lipinski definition) is 2. The van der Waals surface area contributed by atoms with Gasteiger partial charge >= 0.3 is 0 Å². The van der Waals surface area contributed by atoms with Gasteiger partial charge in [0.15, 0.2) is 0 Å². The quantitative estimate of drug-likeness (QED) is 0.875. The van der Waals surface area contributed by atoms with Gasteiger partial charge in [-0.2, -0.15) is 0 Å². The number of halogens is 1. The smallest absolute Gasteiger partial charge is 0.240 e. The van der Waals surface area contributed by atoms with Crippen molar-refractivity contribution in [2.45, 2.75) is 23.8 Å². The van der Waals surface area contributed by atoms with E-state index < -0.39 is 10.0 Å². The SMILES string of the molecule is O=S(=O)(NC1CCNCC1)c1ccc(Cl)cc1. The van der Waals surface area contributed by atoms with Gasteiger partial charge in [0.2, 0.25) is 10.0 Å². The van der Waals surface area contributed by atoms with Crippen molar-refractivity contribution in [3.63, 3.8) is 0 Å². The van der Waals surface area contributed by atoms with Gasteiger partial charge in [-0.15, -0.1) is 0 Å². The van der Waals surface area contributed by atoms with Gasteiger partial charge in [0.25, 0.3) is 0 Å². The van der Waals surface area contributed by atoms with Crippen molar-refractivity contribution in [1.29, 1.82) is 0 Å². The van der Waals surface area contributed by atoms with E-state index in [0.29, 0.717) is 5.02 Å². The molecule has 0 aliphatic carbocycles. The van der Waals surface area contributed by atoms with Crippen LogP contribution in [0.25, 0.3) is 0 Å². The summed E-state index contributed by atoms with van der Waals surface area (Å²) in [6.07, 6.45) is 1.65. The summed E-state index contributed by atoms with van der Waals surface area (Å²) in [5.41, 5.74) is 0. The van der Waals surface area contributed by atoms with Crippen LogP contribution in [0.2, 0.25) is 5.02 Å². The van der Waals surface area contributed by atoms with E-state index >= 15 is 0 Å². The Kier molecular flexibility index (Phi) is 4.04. The Balaban J connectivity index is 2.10. The summed E-state index contributed by atoms with van der Waals surface area (Å²) < 4.78 is 26.8. The summed E-state index contributed by atoms with van der Waals surface area (Å²) in [7, 11) is -3.41. The number of sulfonamides is 1. The lowest BCUT2D eigenvalue weighted by atomic mass is 10.1. The number of benzene rings is 1. The molecule has 0 amide bonds. The van der Waals surface area contributed by atoms with Crippen LogP contribution in [0.5, 0.6) is 0 Å². The Morgan fingerprint density at radius 2 is 1.76 bits per heavy atom. The highest BCUT2D eigenvalue weighted by Crippen LogP contribution is 2.15. The molecule has 1 aromatic rings. The molecule has 1 aromatic carbocycles. The van der Waals surface area contributed by atoms with E-state index in [-0.39, 0.29) is 10.9 Å². The zero-order valence-electron chi connectivity index (χ0n) is 9.32. The van der Waals surface area contributed by atoms with Crippen molar-refractivity contribution in [3.05, 3.63) is 29.3 Å². The molecule has 0 unspecified atom stereocenters. The molecule has 1 aliphatic heterocycles. The number of nitrogens with one attached hydrogen (secondary N) is 2. The minimum Gasteiger partial charge on any atom is -0.317 e. The lowest BCUT2D eigenvalue weighted by Crippen LogP contribution is -2.42. The third kappa shape index (κ3) is 3.42. The van der Waals surface area contributed by atoms with Crippen LogP contribution in [0, 0.1) is 0 Å². The molecule has 0 atom stereocenters.